The molecule has 0 bridgehead atoms. The lowest BCUT2D eigenvalue weighted by molar-refractivity contribution is 0.0833. The Hall–Kier alpha value is -2.93. The van der Waals surface area contributed by atoms with E-state index in [1.165, 1.54) is 0 Å². The molecule has 3 aromatic heterocycles. The number of rotatable bonds is 3. The minimum Gasteiger partial charge on any atom is -0.467 e. The minimum atomic E-state index is -0.629. The summed E-state index contributed by atoms with van der Waals surface area (Å²) in [6, 6.07) is 11.8. The first-order valence-corrected chi connectivity index (χ1v) is 9.55. The van der Waals surface area contributed by atoms with Gasteiger partial charge in [0.2, 0.25) is 0 Å². The van der Waals surface area contributed by atoms with Gasteiger partial charge in [0.1, 0.15) is 11.3 Å². The van der Waals surface area contributed by atoms with Crippen molar-refractivity contribution in [3.63, 3.8) is 0 Å². The third-order valence-electron chi connectivity index (χ3n) is 4.36. The molecule has 1 N–H and O–H groups in total. The van der Waals surface area contributed by atoms with Gasteiger partial charge in [0.15, 0.2) is 37.9 Å². The van der Waals surface area contributed by atoms with Crippen molar-refractivity contribution < 1.29 is 9.47 Å². The number of benzene rings is 1. The Labute approximate surface area is 162 Å². The van der Waals surface area contributed by atoms with Crippen LogP contribution in [0.5, 0.6) is 11.5 Å². The lowest BCUT2D eigenvalue weighted by atomic mass is 9.76. The summed E-state index contributed by atoms with van der Waals surface area (Å²) in [7, 11) is 3.79. The van der Waals surface area contributed by atoms with E-state index >= 15 is 0 Å². The molecule has 5 rings (SSSR count). The Kier molecular flexibility index (Phi) is 3.48. The SMILES string of the molecule is BC1(B)Oc2ccc(Nc3nc(-c4c(C)nc5ccccn45)cs3)cc2O1. The van der Waals surface area contributed by atoms with E-state index in [1.54, 1.807) is 11.3 Å². The summed E-state index contributed by atoms with van der Waals surface area (Å²) in [5.41, 5.74) is 4.08. The van der Waals surface area contributed by atoms with Crippen LogP contribution in [0.3, 0.4) is 0 Å². The molecule has 9 heteroatoms. The van der Waals surface area contributed by atoms with Crippen LogP contribution in [0.1, 0.15) is 5.69 Å². The predicted molar refractivity (Wildman–Crippen MR) is 112 cm³/mol. The van der Waals surface area contributed by atoms with Crippen LogP contribution in [0.2, 0.25) is 0 Å². The number of aryl methyl sites for hydroxylation is 1. The molecule has 0 saturated heterocycles. The summed E-state index contributed by atoms with van der Waals surface area (Å²) in [4.78, 5) is 9.37. The number of fused-ring (bicyclic) bond motifs is 2. The quantitative estimate of drug-likeness (QED) is 0.557. The fourth-order valence-electron chi connectivity index (χ4n) is 3.29. The zero-order chi connectivity index (χ0) is 18.6. The number of hydrogen-bond acceptors (Lipinski definition) is 6. The zero-order valence-electron chi connectivity index (χ0n) is 15.2. The molecule has 0 fully saturated rings. The van der Waals surface area contributed by atoms with Crippen LogP contribution in [-0.2, 0) is 0 Å². The summed E-state index contributed by atoms with van der Waals surface area (Å²) in [6.07, 6.45) is 2.01. The first-order chi connectivity index (χ1) is 13.0. The van der Waals surface area contributed by atoms with Crippen molar-refractivity contribution in [3.8, 4) is 22.9 Å². The van der Waals surface area contributed by atoms with E-state index in [0.29, 0.717) is 0 Å². The van der Waals surface area contributed by atoms with Crippen molar-refractivity contribution in [2.75, 3.05) is 5.32 Å². The average Bonchev–Trinajstić information content (AvgIpc) is 3.27. The maximum atomic E-state index is 5.81. The van der Waals surface area contributed by atoms with Crippen LogP contribution in [0.15, 0.2) is 48.0 Å². The predicted octanol–water partition coefficient (Wildman–Crippen LogP) is 2.16. The highest BCUT2D eigenvalue weighted by atomic mass is 32.1. The van der Waals surface area contributed by atoms with Crippen LogP contribution in [0, 0.1) is 6.92 Å². The molecule has 1 aliphatic heterocycles. The van der Waals surface area contributed by atoms with Crippen LogP contribution in [-0.4, -0.2) is 35.6 Å². The maximum absolute atomic E-state index is 5.81. The number of nitrogens with one attached hydrogen (secondary N) is 1. The van der Waals surface area contributed by atoms with Gasteiger partial charge < -0.3 is 14.8 Å². The van der Waals surface area contributed by atoms with Crippen molar-refractivity contribution in [3.05, 3.63) is 53.7 Å². The molecule has 27 heavy (non-hydrogen) atoms. The summed E-state index contributed by atoms with van der Waals surface area (Å²) in [5, 5.41) is 6.21. The van der Waals surface area contributed by atoms with Gasteiger partial charge in [-0.25, -0.2) is 9.97 Å². The molecule has 1 aromatic carbocycles. The van der Waals surface area contributed by atoms with Crippen LogP contribution >= 0.6 is 11.3 Å². The normalized spacial score (nSPS) is 14.6. The summed E-state index contributed by atoms with van der Waals surface area (Å²) >= 11 is 1.56. The fraction of sp³-hybridized carbons (Fsp3) is 0.111. The number of thiazole rings is 1. The smallest absolute Gasteiger partial charge is 0.197 e. The van der Waals surface area contributed by atoms with E-state index in [0.717, 1.165) is 45.0 Å². The molecule has 0 aliphatic carbocycles. The number of imidazole rings is 1. The Balaban J connectivity index is 1.44. The summed E-state index contributed by atoms with van der Waals surface area (Å²) in [6.45, 7) is 2.01. The second-order valence-corrected chi connectivity index (χ2v) is 7.76. The standard InChI is InChI=1S/C18H16B2N4O2S/c1-10-16(24-7-3-2-4-15(24)21-10)12-9-27-17(23-12)22-11-5-6-13-14(8-11)26-18(19,20)25-13/h2-9H,19-20H2,1H3,(H,22,23). The van der Waals surface area contributed by atoms with E-state index in [4.69, 9.17) is 14.5 Å². The first kappa shape index (κ1) is 16.3. The van der Waals surface area contributed by atoms with E-state index in [1.807, 2.05) is 70.6 Å². The van der Waals surface area contributed by atoms with Crippen LogP contribution in [0.4, 0.5) is 10.8 Å². The monoisotopic (exact) mass is 374 g/mol. The number of anilines is 2. The number of ether oxygens (including phenoxy) is 2. The maximum Gasteiger partial charge on any atom is 0.197 e. The molecule has 1 aliphatic rings. The fourth-order valence-corrected chi connectivity index (χ4v) is 4.00. The van der Waals surface area contributed by atoms with Crippen molar-refractivity contribution in [2.45, 2.75) is 12.5 Å². The third kappa shape index (κ3) is 2.84. The number of pyridine rings is 1. The van der Waals surface area contributed by atoms with Gasteiger partial charge in [-0.3, -0.25) is 4.40 Å². The molecule has 6 nitrogen and oxygen atoms in total. The molecule has 0 atom stereocenters. The first-order valence-electron chi connectivity index (χ1n) is 8.67. The number of aromatic nitrogens is 3. The van der Waals surface area contributed by atoms with Gasteiger partial charge >= 0.3 is 0 Å². The van der Waals surface area contributed by atoms with Gasteiger partial charge in [-0.1, -0.05) is 6.07 Å². The molecule has 132 valence electrons. The van der Waals surface area contributed by atoms with Gasteiger partial charge in [-0.05, 0) is 31.2 Å². The second kappa shape index (κ2) is 5.79. The van der Waals surface area contributed by atoms with Crippen molar-refractivity contribution in [1.29, 1.82) is 0 Å². The minimum absolute atomic E-state index is 0.629. The summed E-state index contributed by atoms with van der Waals surface area (Å²) in [5.74, 6) is 1.49. The third-order valence-corrected chi connectivity index (χ3v) is 5.12. The lowest BCUT2D eigenvalue weighted by Gasteiger charge is -2.17. The van der Waals surface area contributed by atoms with Gasteiger partial charge in [0.05, 0.1) is 11.4 Å². The van der Waals surface area contributed by atoms with Crippen molar-refractivity contribution >= 4 is 43.5 Å². The Morgan fingerprint density at radius 3 is 2.85 bits per heavy atom. The molecule has 4 aromatic rings. The highest BCUT2D eigenvalue weighted by molar-refractivity contribution is 7.14. The zero-order valence-corrected chi connectivity index (χ0v) is 16.0. The van der Waals surface area contributed by atoms with E-state index in [-0.39, 0.29) is 0 Å². The number of hydrogen-bond donors (Lipinski definition) is 1. The molecule has 4 heterocycles. The van der Waals surface area contributed by atoms with Gasteiger partial charge in [-0.2, -0.15) is 0 Å². The Bertz CT molecular complexity index is 1170. The topological polar surface area (TPSA) is 60.7 Å². The molecule has 0 amide bonds. The van der Waals surface area contributed by atoms with Crippen LogP contribution < -0.4 is 14.8 Å². The lowest BCUT2D eigenvalue weighted by Crippen LogP contribution is -2.39. The van der Waals surface area contributed by atoms with E-state index in [9.17, 15) is 0 Å². The Morgan fingerprint density at radius 1 is 1.11 bits per heavy atom. The van der Waals surface area contributed by atoms with Gasteiger partial charge in [0, 0.05) is 23.3 Å². The molecular weight excluding hydrogens is 358 g/mol. The highest BCUT2D eigenvalue weighted by Crippen LogP contribution is 2.40. The molecule has 0 spiro atoms. The van der Waals surface area contributed by atoms with E-state index in [2.05, 4.69) is 14.7 Å². The van der Waals surface area contributed by atoms with Gasteiger partial charge in [-0.15, -0.1) is 11.3 Å². The van der Waals surface area contributed by atoms with Gasteiger partial charge in [0.25, 0.3) is 0 Å². The molecular formula is C18H16B2N4O2S. The van der Waals surface area contributed by atoms with Crippen molar-refractivity contribution in [2.24, 2.45) is 0 Å². The largest absolute Gasteiger partial charge is 0.467 e. The second-order valence-electron chi connectivity index (χ2n) is 6.90. The summed E-state index contributed by atoms with van der Waals surface area (Å²) < 4.78 is 13.6. The van der Waals surface area contributed by atoms with E-state index < -0.39 is 5.59 Å². The van der Waals surface area contributed by atoms with Crippen LogP contribution in [0.25, 0.3) is 17.0 Å². The highest BCUT2D eigenvalue weighted by Gasteiger charge is 2.31. The molecule has 0 saturated carbocycles. The van der Waals surface area contributed by atoms with Crippen molar-refractivity contribution in [1.82, 2.24) is 14.4 Å². The number of nitrogens with zero attached hydrogens (tertiary/aromatic N) is 3. The Morgan fingerprint density at radius 2 is 1.96 bits per heavy atom. The molecule has 0 radical (unpaired) electrons. The average molecular weight is 374 g/mol. The molecule has 0 unspecified atom stereocenters.